The Morgan fingerprint density at radius 1 is 1.46 bits per heavy atom. The molecule has 1 N–H and O–H groups in total. The Bertz CT molecular complexity index is 842. The van der Waals surface area contributed by atoms with Crippen LogP contribution in [0.2, 0.25) is 0 Å². The number of nitro groups is 1. The maximum absolute atomic E-state index is 12.5. The molecule has 0 saturated carbocycles. The van der Waals surface area contributed by atoms with Crippen LogP contribution in [0.25, 0.3) is 0 Å². The Kier molecular flexibility index (Phi) is 6.09. The van der Waals surface area contributed by atoms with Crippen molar-refractivity contribution in [1.82, 2.24) is 9.78 Å². The van der Waals surface area contributed by atoms with Gasteiger partial charge in [-0.05, 0) is 26.3 Å². The Morgan fingerprint density at radius 2 is 2.15 bits per heavy atom. The number of aromatic nitrogens is 2. The number of ether oxygens (including phenoxy) is 1. The van der Waals surface area contributed by atoms with Gasteiger partial charge < -0.3 is 10.1 Å². The molecule has 0 aliphatic heterocycles. The number of amides is 1. The number of nitrogens with one attached hydrogen (secondary N) is 1. The molecule has 0 aliphatic rings. The highest BCUT2D eigenvalue weighted by molar-refractivity contribution is 7.16. The van der Waals surface area contributed by atoms with Crippen molar-refractivity contribution in [3.63, 3.8) is 0 Å². The average Bonchev–Trinajstić information content (AvgIpc) is 3.13. The van der Waals surface area contributed by atoms with Gasteiger partial charge in [0.05, 0.1) is 29.6 Å². The molecule has 2 heterocycles. The second-order valence-electron chi connectivity index (χ2n) is 5.78. The van der Waals surface area contributed by atoms with Crippen LogP contribution in [0.1, 0.15) is 34.6 Å². The molecular weight excluding hydrogens is 360 g/mol. The summed E-state index contributed by atoms with van der Waals surface area (Å²) in [6.45, 7) is 7.49. The van der Waals surface area contributed by atoms with Gasteiger partial charge in [0.1, 0.15) is 17.4 Å². The molecule has 140 valence electrons. The summed E-state index contributed by atoms with van der Waals surface area (Å²) in [5.74, 6) is -1.29. The van der Waals surface area contributed by atoms with Crippen LogP contribution in [0.5, 0.6) is 0 Å². The summed E-state index contributed by atoms with van der Waals surface area (Å²) in [4.78, 5) is 35.7. The van der Waals surface area contributed by atoms with Crippen molar-refractivity contribution in [3.05, 3.63) is 38.5 Å². The highest BCUT2D eigenvalue weighted by Crippen LogP contribution is 2.33. The van der Waals surface area contributed by atoms with Gasteiger partial charge in [0.25, 0.3) is 0 Å². The molecule has 0 saturated heterocycles. The number of carbonyl (C=O) groups is 2. The molecule has 1 unspecified atom stereocenters. The fourth-order valence-corrected chi connectivity index (χ4v) is 3.36. The van der Waals surface area contributed by atoms with Crippen molar-refractivity contribution in [2.45, 2.75) is 34.2 Å². The summed E-state index contributed by atoms with van der Waals surface area (Å²) in [5, 5.41) is 17.8. The maximum Gasteiger partial charge on any atom is 0.341 e. The van der Waals surface area contributed by atoms with E-state index in [9.17, 15) is 19.7 Å². The molecule has 2 rings (SSSR count). The number of rotatable bonds is 7. The Hall–Kier alpha value is -2.75. The van der Waals surface area contributed by atoms with Gasteiger partial charge in [-0.25, -0.2) is 4.79 Å². The van der Waals surface area contributed by atoms with E-state index >= 15 is 0 Å². The summed E-state index contributed by atoms with van der Waals surface area (Å²) in [6.07, 6.45) is 2.41. The first kappa shape index (κ1) is 19.6. The number of hydrogen-bond donors (Lipinski definition) is 1. The summed E-state index contributed by atoms with van der Waals surface area (Å²) in [5.41, 5.74) is 1.01. The van der Waals surface area contributed by atoms with Crippen LogP contribution in [0.15, 0.2) is 12.4 Å². The number of anilines is 1. The van der Waals surface area contributed by atoms with E-state index in [-0.39, 0.29) is 24.7 Å². The van der Waals surface area contributed by atoms with Crippen LogP contribution in [-0.2, 0) is 16.1 Å². The molecule has 2 aromatic heterocycles. The van der Waals surface area contributed by atoms with Crippen LogP contribution in [-0.4, -0.2) is 33.2 Å². The predicted molar refractivity (Wildman–Crippen MR) is 96.4 cm³/mol. The van der Waals surface area contributed by atoms with E-state index in [1.54, 1.807) is 20.8 Å². The quantitative estimate of drug-likeness (QED) is 0.448. The van der Waals surface area contributed by atoms with Gasteiger partial charge >= 0.3 is 11.7 Å². The number of esters is 1. The summed E-state index contributed by atoms with van der Waals surface area (Å²) < 4.78 is 6.41. The molecular formula is C16H20N4O5S. The first-order valence-corrected chi connectivity index (χ1v) is 8.81. The van der Waals surface area contributed by atoms with E-state index < -0.39 is 16.8 Å². The third-order valence-corrected chi connectivity index (χ3v) is 4.96. The van der Waals surface area contributed by atoms with Crippen molar-refractivity contribution in [2.24, 2.45) is 5.92 Å². The molecule has 10 heteroatoms. The van der Waals surface area contributed by atoms with Gasteiger partial charge in [0, 0.05) is 4.88 Å². The van der Waals surface area contributed by atoms with Gasteiger partial charge in [-0.2, -0.15) is 5.10 Å². The van der Waals surface area contributed by atoms with Crippen LogP contribution in [0.3, 0.4) is 0 Å². The van der Waals surface area contributed by atoms with Crippen molar-refractivity contribution in [1.29, 1.82) is 0 Å². The van der Waals surface area contributed by atoms with Gasteiger partial charge in [-0.1, -0.05) is 6.92 Å². The molecule has 0 fully saturated rings. The van der Waals surface area contributed by atoms with Crippen molar-refractivity contribution in [3.8, 4) is 0 Å². The second kappa shape index (κ2) is 8.09. The smallest absolute Gasteiger partial charge is 0.341 e. The van der Waals surface area contributed by atoms with Crippen molar-refractivity contribution in [2.75, 3.05) is 11.9 Å². The molecule has 0 aromatic carbocycles. The fourth-order valence-electron chi connectivity index (χ4n) is 2.31. The zero-order valence-corrected chi connectivity index (χ0v) is 15.8. The SMILES string of the molecule is CCOC(=O)c1c(NC(=O)C(C)Cn2cc([N+](=O)[O-])cn2)sc(C)c1C. The largest absolute Gasteiger partial charge is 0.462 e. The van der Waals surface area contributed by atoms with Crippen LogP contribution in [0, 0.1) is 29.9 Å². The number of nitrogens with zero attached hydrogens (tertiary/aromatic N) is 3. The van der Waals surface area contributed by atoms with E-state index in [1.165, 1.54) is 22.2 Å². The Balaban J connectivity index is 2.12. The Morgan fingerprint density at radius 3 is 2.73 bits per heavy atom. The Labute approximate surface area is 154 Å². The van der Waals surface area contributed by atoms with E-state index in [2.05, 4.69) is 10.4 Å². The molecule has 1 atom stereocenters. The van der Waals surface area contributed by atoms with Crippen LogP contribution < -0.4 is 5.32 Å². The lowest BCUT2D eigenvalue weighted by atomic mass is 10.1. The van der Waals surface area contributed by atoms with E-state index in [0.717, 1.165) is 16.6 Å². The maximum atomic E-state index is 12.5. The number of carbonyl (C=O) groups excluding carboxylic acids is 2. The normalized spacial score (nSPS) is 11.8. The fraction of sp³-hybridized carbons (Fsp3) is 0.438. The number of thiophene rings is 1. The van der Waals surface area contributed by atoms with Crippen LogP contribution in [0.4, 0.5) is 10.7 Å². The number of hydrogen-bond acceptors (Lipinski definition) is 7. The third kappa shape index (κ3) is 4.26. The van der Waals surface area contributed by atoms with Gasteiger partial charge in [-0.15, -0.1) is 11.3 Å². The lowest BCUT2D eigenvalue weighted by Gasteiger charge is -2.12. The lowest BCUT2D eigenvalue weighted by molar-refractivity contribution is -0.385. The van der Waals surface area contributed by atoms with E-state index in [4.69, 9.17) is 4.74 Å². The highest BCUT2D eigenvalue weighted by atomic mass is 32.1. The molecule has 2 aromatic rings. The predicted octanol–water partition coefficient (Wildman–Crippen LogP) is 2.92. The number of aryl methyl sites for hydroxylation is 1. The first-order chi connectivity index (χ1) is 12.2. The molecule has 9 nitrogen and oxygen atoms in total. The topological polar surface area (TPSA) is 116 Å². The minimum atomic E-state index is -0.545. The van der Waals surface area contributed by atoms with E-state index in [0.29, 0.717) is 10.6 Å². The molecule has 0 aliphatic carbocycles. The van der Waals surface area contributed by atoms with Gasteiger partial charge in [-0.3, -0.25) is 19.6 Å². The van der Waals surface area contributed by atoms with Crippen LogP contribution >= 0.6 is 11.3 Å². The summed E-state index contributed by atoms with van der Waals surface area (Å²) >= 11 is 1.31. The first-order valence-electron chi connectivity index (χ1n) is 7.99. The third-order valence-electron chi connectivity index (χ3n) is 3.84. The second-order valence-corrected chi connectivity index (χ2v) is 7.00. The average molecular weight is 380 g/mol. The van der Waals surface area contributed by atoms with Crippen molar-refractivity contribution < 1.29 is 19.2 Å². The minimum absolute atomic E-state index is 0.133. The minimum Gasteiger partial charge on any atom is -0.462 e. The summed E-state index contributed by atoms with van der Waals surface area (Å²) in [6, 6.07) is 0. The lowest BCUT2D eigenvalue weighted by Crippen LogP contribution is -2.25. The summed E-state index contributed by atoms with van der Waals surface area (Å²) in [7, 11) is 0. The molecule has 26 heavy (non-hydrogen) atoms. The monoisotopic (exact) mass is 380 g/mol. The van der Waals surface area contributed by atoms with E-state index in [1.807, 2.05) is 6.92 Å². The van der Waals surface area contributed by atoms with Gasteiger partial charge in [0.15, 0.2) is 0 Å². The molecule has 0 bridgehead atoms. The standard InChI is InChI=1S/C16H20N4O5S/c1-5-25-16(22)13-10(3)11(4)26-15(13)18-14(21)9(2)7-19-8-12(6-17-19)20(23)24/h6,8-9H,5,7H2,1-4H3,(H,18,21). The zero-order valence-electron chi connectivity index (χ0n) is 14.9. The highest BCUT2D eigenvalue weighted by Gasteiger charge is 2.24. The molecule has 0 radical (unpaired) electrons. The van der Waals surface area contributed by atoms with Gasteiger partial charge in [0.2, 0.25) is 5.91 Å². The van der Waals surface area contributed by atoms with Crippen molar-refractivity contribution >= 4 is 33.9 Å². The molecule has 1 amide bonds. The molecule has 0 spiro atoms. The zero-order chi connectivity index (χ0) is 19.4.